The summed E-state index contributed by atoms with van der Waals surface area (Å²) in [7, 11) is 1.63. The van der Waals surface area contributed by atoms with E-state index in [2.05, 4.69) is 15.1 Å². The average Bonchev–Trinajstić information content (AvgIpc) is 3.09. The van der Waals surface area contributed by atoms with Crippen molar-refractivity contribution in [1.29, 1.82) is 0 Å². The molecule has 8 nitrogen and oxygen atoms in total. The number of fused-ring (bicyclic) bond motifs is 1. The van der Waals surface area contributed by atoms with Gasteiger partial charge < -0.3 is 10.0 Å². The number of carbonyl (C=O) groups is 2. The molecule has 1 fully saturated rings. The van der Waals surface area contributed by atoms with E-state index in [0.717, 1.165) is 36.2 Å². The second kappa shape index (κ2) is 7.01. The number of carboxylic acids is 1. The van der Waals surface area contributed by atoms with E-state index in [4.69, 9.17) is 0 Å². The Bertz CT molecular complexity index is 839. The average molecular weight is 359 g/mol. The van der Waals surface area contributed by atoms with Gasteiger partial charge in [-0.2, -0.15) is 10.1 Å². The molecule has 0 saturated heterocycles. The van der Waals surface area contributed by atoms with Crippen LogP contribution >= 0.6 is 0 Å². The van der Waals surface area contributed by atoms with Crippen LogP contribution in [0.15, 0.2) is 6.33 Å². The lowest BCUT2D eigenvalue weighted by Gasteiger charge is -2.41. The maximum absolute atomic E-state index is 12.8. The van der Waals surface area contributed by atoms with Crippen LogP contribution in [0.2, 0.25) is 0 Å². The fourth-order valence-electron chi connectivity index (χ4n) is 3.98. The van der Waals surface area contributed by atoms with Crippen LogP contribution in [0.3, 0.4) is 0 Å². The van der Waals surface area contributed by atoms with Gasteiger partial charge in [-0.3, -0.25) is 4.79 Å². The first-order valence-corrected chi connectivity index (χ1v) is 9.02. The highest BCUT2D eigenvalue weighted by Gasteiger charge is 2.45. The molecular weight excluding hydrogens is 334 g/mol. The van der Waals surface area contributed by atoms with Crippen LogP contribution in [-0.2, 0) is 16.0 Å². The highest BCUT2D eigenvalue weighted by Crippen LogP contribution is 2.34. The van der Waals surface area contributed by atoms with Crippen molar-refractivity contribution in [2.45, 2.75) is 64.3 Å². The molecule has 0 aliphatic heterocycles. The van der Waals surface area contributed by atoms with Crippen molar-refractivity contribution in [3.63, 3.8) is 0 Å². The first kappa shape index (κ1) is 18.3. The molecule has 0 bridgehead atoms. The topological polar surface area (TPSA) is 101 Å². The molecule has 3 rings (SSSR count). The van der Waals surface area contributed by atoms with E-state index < -0.39 is 11.5 Å². The lowest BCUT2D eigenvalue weighted by Crippen LogP contribution is -2.56. The Morgan fingerprint density at radius 1 is 1.27 bits per heavy atom. The zero-order valence-corrected chi connectivity index (χ0v) is 15.5. The number of hydrogen-bond donors (Lipinski definition) is 1. The van der Waals surface area contributed by atoms with Crippen molar-refractivity contribution in [3.8, 4) is 0 Å². The molecule has 2 aromatic heterocycles. The Kier molecular flexibility index (Phi) is 4.93. The molecule has 1 amide bonds. The molecule has 140 valence electrons. The second-order valence-electron chi connectivity index (χ2n) is 7.08. The number of carbonyl (C=O) groups excluding carboxylic acids is 1. The van der Waals surface area contributed by atoms with Gasteiger partial charge in [-0.25, -0.2) is 14.3 Å². The van der Waals surface area contributed by atoms with Gasteiger partial charge >= 0.3 is 5.97 Å². The summed E-state index contributed by atoms with van der Waals surface area (Å²) in [6.45, 7) is 3.82. The number of carboxylic acid groups (broad SMARTS) is 1. The fraction of sp³-hybridized carbons (Fsp3) is 0.611. The number of aromatic nitrogens is 4. The molecule has 0 radical (unpaired) electrons. The van der Waals surface area contributed by atoms with Crippen molar-refractivity contribution < 1.29 is 14.7 Å². The molecule has 26 heavy (non-hydrogen) atoms. The smallest absolute Gasteiger partial charge is 0.329 e. The molecule has 0 atom stereocenters. The molecule has 0 aromatic carbocycles. The van der Waals surface area contributed by atoms with Crippen molar-refractivity contribution in [3.05, 3.63) is 23.3 Å². The Morgan fingerprint density at radius 3 is 2.62 bits per heavy atom. The number of rotatable bonds is 5. The number of amides is 1. The van der Waals surface area contributed by atoms with Crippen LogP contribution in [0, 0.1) is 13.8 Å². The summed E-state index contributed by atoms with van der Waals surface area (Å²) in [5, 5.41) is 13.9. The predicted octanol–water partition coefficient (Wildman–Crippen LogP) is 1.92. The zero-order chi connectivity index (χ0) is 18.9. The standard InChI is InChI=1S/C18H25N5O3/c1-12-14(13(2)23-17(21-12)19-11-20-23)7-8-15(24)22(3)18(16(25)26)9-5-4-6-10-18/h11H,4-10H2,1-3H3,(H,25,26). The van der Waals surface area contributed by atoms with Crippen LogP contribution in [0.25, 0.3) is 5.78 Å². The summed E-state index contributed by atoms with van der Waals surface area (Å²) in [5.41, 5.74) is 1.63. The maximum atomic E-state index is 12.8. The first-order chi connectivity index (χ1) is 12.4. The third-order valence-corrected chi connectivity index (χ3v) is 5.67. The minimum atomic E-state index is -1.06. The highest BCUT2D eigenvalue weighted by atomic mass is 16.4. The number of hydrogen-bond acceptors (Lipinski definition) is 5. The number of nitrogens with zero attached hydrogens (tertiary/aromatic N) is 5. The number of aryl methyl sites for hydroxylation is 2. The Labute approximate surface area is 152 Å². The summed E-state index contributed by atoms with van der Waals surface area (Å²) in [5.74, 6) is -0.503. The van der Waals surface area contributed by atoms with E-state index >= 15 is 0 Å². The van der Waals surface area contributed by atoms with Gasteiger partial charge in [-0.05, 0) is 38.7 Å². The lowest BCUT2D eigenvalue weighted by molar-refractivity contribution is -0.160. The van der Waals surface area contributed by atoms with Gasteiger partial charge in [0.2, 0.25) is 5.91 Å². The summed E-state index contributed by atoms with van der Waals surface area (Å²) in [4.78, 5) is 34.6. The van der Waals surface area contributed by atoms with E-state index in [9.17, 15) is 14.7 Å². The van der Waals surface area contributed by atoms with E-state index in [1.807, 2.05) is 13.8 Å². The van der Waals surface area contributed by atoms with Gasteiger partial charge in [-0.15, -0.1) is 0 Å². The third-order valence-electron chi connectivity index (χ3n) is 5.67. The minimum Gasteiger partial charge on any atom is -0.479 e. The van der Waals surface area contributed by atoms with Crippen LogP contribution in [0.5, 0.6) is 0 Å². The third kappa shape index (κ3) is 3.04. The van der Waals surface area contributed by atoms with Crippen LogP contribution in [-0.4, -0.2) is 54.1 Å². The Hall–Kier alpha value is -2.51. The summed E-state index contributed by atoms with van der Waals surface area (Å²) >= 11 is 0. The molecule has 2 aromatic rings. The van der Waals surface area contributed by atoms with Crippen molar-refractivity contribution in [2.24, 2.45) is 0 Å². The first-order valence-electron chi connectivity index (χ1n) is 9.02. The molecule has 0 unspecified atom stereocenters. The SMILES string of the molecule is Cc1nc2ncnn2c(C)c1CCC(=O)N(C)C1(C(=O)O)CCCCC1. The predicted molar refractivity (Wildman–Crippen MR) is 94.8 cm³/mol. The van der Waals surface area contributed by atoms with Gasteiger partial charge in [0.25, 0.3) is 5.78 Å². The van der Waals surface area contributed by atoms with E-state index in [0.29, 0.717) is 25.0 Å². The largest absolute Gasteiger partial charge is 0.479 e. The van der Waals surface area contributed by atoms with Crippen LogP contribution in [0.1, 0.15) is 55.5 Å². The molecule has 8 heteroatoms. The Balaban J connectivity index is 1.77. The fourth-order valence-corrected chi connectivity index (χ4v) is 3.98. The zero-order valence-electron chi connectivity index (χ0n) is 15.5. The summed E-state index contributed by atoms with van der Waals surface area (Å²) in [6.07, 6.45) is 5.96. The molecule has 1 N–H and O–H groups in total. The number of aliphatic carboxylic acids is 1. The van der Waals surface area contributed by atoms with Gasteiger partial charge in [0.15, 0.2) is 0 Å². The second-order valence-corrected chi connectivity index (χ2v) is 7.08. The molecular formula is C18H25N5O3. The molecule has 1 aliphatic rings. The molecule has 1 aliphatic carbocycles. The van der Waals surface area contributed by atoms with E-state index in [-0.39, 0.29) is 12.3 Å². The molecule has 2 heterocycles. The molecule has 0 spiro atoms. The van der Waals surface area contributed by atoms with E-state index in [1.54, 1.807) is 11.6 Å². The van der Waals surface area contributed by atoms with Crippen molar-refractivity contribution >= 4 is 17.7 Å². The molecule has 1 saturated carbocycles. The minimum absolute atomic E-state index is 0.146. The monoisotopic (exact) mass is 359 g/mol. The normalized spacial score (nSPS) is 16.6. The van der Waals surface area contributed by atoms with Gasteiger partial charge in [-0.1, -0.05) is 19.3 Å². The highest BCUT2D eigenvalue weighted by molar-refractivity contribution is 5.87. The van der Waals surface area contributed by atoms with E-state index in [1.165, 1.54) is 11.2 Å². The quantitative estimate of drug-likeness (QED) is 0.875. The van der Waals surface area contributed by atoms with Crippen molar-refractivity contribution in [2.75, 3.05) is 7.05 Å². The summed E-state index contributed by atoms with van der Waals surface area (Å²) in [6, 6.07) is 0. The van der Waals surface area contributed by atoms with Crippen LogP contribution in [0.4, 0.5) is 0 Å². The summed E-state index contributed by atoms with van der Waals surface area (Å²) < 4.78 is 1.66. The lowest BCUT2D eigenvalue weighted by atomic mass is 9.80. The maximum Gasteiger partial charge on any atom is 0.329 e. The van der Waals surface area contributed by atoms with Gasteiger partial charge in [0.05, 0.1) is 0 Å². The Morgan fingerprint density at radius 2 is 1.96 bits per heavy atom. The number of likely N-dealkylation sites (N-methyl/N-ethyl adjacent to an activating group) is 1. The van der Waals surface area contributed by atoms with Crippen molar-refractivity contribution in [1.82, 2.24) is 24.5 Å². The van der Waals surface area contributed by atoms with Crippen LogP contribution < -0.4 is 0 Å². The van der Waals surface area contributed by atoms with Gasteiger partial charge in [0.1, 0.15) is 11.9 Å². The van der Waals surface area contributed by atoms with Gasteiger partial charge in [0, 0.05) is 24.9 Å².